The summed E-state index contributed by atoms with van der Waals surface area (Å²) in [6.45, 7) is 13.1. The number of rotatable bonds is 14. The number of hydrogen-bond acceptors (Lipinski definition) is 7. The molecule has 0 fully saturated rings. The monoisotopic (exact) mass is 538 g/mol. The van der Waals surface area contributed by atoms with Gasteiger partial charge in [-0.3, -0.25) is 4.79 Å². The number of likely N-dealkylation sites (N-methyl/N-ethyl adjacent to an activating group) is 1. The summed E-state index contributed by atoms with van der Waals surface area (Å²) >= 11 is 0. The van der Waals surface area contributed by atoms with E-state index >= 15 is 0 Å². The van der Waals surface area contributed by atoms with Crippen LogP contribution in [0.5, 0.6) is 5.75 Å². The van der Waals surface area contributed by atoms with Crippen LogP contribution in [0.3, 0.4) is 0 Å². The molecule has 0 aliphatic carbocycles. The number of benzene rings is 1. The summed E-state index contributed by atoms with van der Waals surface area (Å²) in [4.78, 5) is 37.0. The lowest BCUT2D eigenvalue weighted by Gasteiger charge is -2.26. The predicted octanol–water partition coefficient (Wildman–Crippen LogP) is 3.07. The first-order valence-electron chi connectivity index (χ1n) is 13.0. The fourth-order valence-corrected chi connectivity index (χ4v) is 3.03. The number of carbonyl (C=O) groups is 3. The van der Waals surface area contributed by atoms with Crippen LogP contribution >= 0.6 is 0 Å². The average Bonchev–Trinajstić information content (AvgIpc) is 2.74. The van der Waals surface area contributed by atoms with Crippen molar-refractivity contribution in [2.24, 2.45) is 0 Å². The molecule has 0 aliphatic rings. The molecule has 0 bridgehead atoms. The summed E-state index contributed by atoms with van der Waals surface area (Å²) in [5, 5.41) is 5.43. The second kappa shape index (κ2) is 14.9. The van der Waals surface area contributed by atoms with Gasteiger partial charge in [-0.15, -0.1) is 0 Å². The Balaban J connectivity index is 2.52. The van der Waals surface area contributed by atoms with E-state index in [2.05, 4.69) is 31.8 Å². The molecule has 1 atom stereocenters. The molecule has 0 spiro atoms. The second-order valence-electron chi connectivity index (χ2n) is 12.2. The highest BCUT2D eigenvalue weighted by atomic mass is 16.6. The van der Waals surface area contributed by atoms with Crippen molar-refractivity contribution < 1.29 is 37.8 Å². The Morgan fingerprint density at radius 1 is 0.868 bits per heavy atom. The zero-order valence-corrected chi connectivity index (χ0v) is 24.6. The number of quaternary nitrogens is 1. The number of esters is 1. The van der Waals surface area contributed by atoms with Crippen molar-refractivity contribution >= 4 is 18.0 Å². The maximum absolute atomic E-state index is 12.7. The van der Waals surface area contributed by atoms with Crippen molar-refractivity contribution in [2.75, 3.05) is 54.1 Å². The molecule has 38 heavy (non-hydrogen) atoms. The Hall–Kier alpha value is -2.85. The van der Waals surface area contributed by atoms with Crippen molar-refractivity contribution in [1.29, 1.82) is 0 Å². The summed E-state index contributed by atoms with van der Waals surface area (Å²) in [6, 6.07) is 6.27. The van der Waals surface area contributed by atoms with E-state index in [1.54, 1.807) is 53.7 Å². The Bertz CT molecular complexity index is 882. The lowest BCUT2D eigenvalue weighted by Crippen LogP contribution is -2.47. The van der Waals surface area contributed by atoms with Gasteiger partial charge in [-0.1, -0.05) is 12.1 Å². The van der Waals surface area contributed by atoms with Crippen molar-refractivity contribution in [3.8, 4) is 5.75 Å². The Kier molecular flexibility index (Phi) is 13.0. The fourth-order valence-electron chi connectivity index (χ4n) is 3.03. The molecule has 0 heterocycles. The van der Waals surface area contributed by atoms with E-state index in [4.69, 9.17) is 18.9 Å². The van der Waals surface area contributed by atoms with E-state index in [1.807, 2.05) is 12.1 Å². The van der Waals surface area contributed by atoms with E-state index in [0.717, 1.165) is 16.6 Å². The molecular weight excluding hydrogens is 490 g/mol. The zero-order chi connectivity index (χ0) is 29.0. The molecule has 10 nitrogen and oxygen atoms in total. The lowest BCUT2D eigenvalue weighted by atomic mass is 10.1. The molecule has 2 amide bonds. The first kappa shape index (κ1) is 33.2. The van der Waals surface area contributed by atoms with Crippen LogP contribution in [0, 0.1) is 0 Å². The van der Waals surface area contributed by atoms with Crippen LogP contribution in [0.15, 0.2) is 24.3 Å². The lowest BCUT2D eigenvalue weighted by molar-refractivity contribution is -0.870. The molecule has 0 aromatic heterocycles. The van der Waals surface area contributed by atoms with Gasteiger partial charge in [0.1, 0.15) is 36.1 Å². The highest BCUT2D eigenvalue weighted by Crippen LogP contribution is 2.16. The quantitative estimate of drug-likeness (QED) is 0.213. The summed E-state index contributed by atoms with van der Waals surface area (Å²) in [7, 11) is 6.27. The molecule has 0 unspecified atom stereocenters. The third kappa shape index (κ3) is 16.8. The molecule has 216 valence electrons. The van der Waals surface area contributed by atoms with Gasteiger partial charge in [-0.25, -0.2) is 9.59 Å². The van der Waals surface area contributed by atoms with Gasteiger partial charge >= 0.3 is 12.1 Å². The number of hydrogen-bond donors (Lipinski definition) is 2. The minimum Gasteiger partial charge on any atom is -0.492 e. The van der Waals surface area contributed by atoms with Gasteiger partial charge in [-0.05, 0) is 59.2 Å². The summed E-state index contributed by atoms with van der Waals surface area (Å²) in [6.07, 6.45) is -0.158. The van der Waals surface area contributed by atoms with Crippen LogP contribution < -0.4 is 15.4 Å². The standard InChI is InChI=1S/C28H47N3O7/c1-27(2,3)37-25(33)23(30-26(34)38-28(4,5)6)20-21-10-12-22(13-11-21)36-18-15-29-24(32)14-17-35-19-16-31(7,8)9/h10-13,23H,14-20H2,1-9H3,(H-,29,30,32,34)/p+1/t23-/m0/s1. The van der Waals surface area contributed by atoms with Crippen LogP contribution in [0.25, 0.3) is 0 Å². The average molecular weight is 539 g/mol. The largest absolute Gasteiger partial charge is 0.492 e. The maximum Gasteiger partial charge on any atom is 0.408 e. The minimum absolute atomic E-state index is 0.0835. The van der Waals surface area contributed by atoms with Gasteiger partial charge in [0, 0.05) is 12.8 Å². The summed E-state index contributed by atoms with van der Waals surface area (Å²) in [5.41, 5.74) is -0.584. The van der Waals surface area contributed by atoms with E-state index < -0.39 is 29.3 Å². The van der Waals surface area contributed by atoms with Gasteiger partial charge in [0.15, 0.2) is 0 Å². The van der Waals surface area contributed by atoms with Crippen molar-refractivity contribution in [3.05, 3.63) is 29.8 Å². The van der Waals surface area contributed by atoms with E-state index in [9.17, 15) is 14.4 Å². The first-order chi connectivity index (χ1) is 17.4. The van der Waals surface area contributed by atoms with Crippen molar-refractivity contribution in [3.63, 3.8) is 0 Å². The first-order valence-corrected chi connectivity index (χ1v) is 13.0. The molecule has 0 saturated heterocycles. The molecule has 2 N–H and O–H groups in total. The second-order valence-corrected chi connectivity index (χ2v) is 12.2. The minimum atomic E-state index is -0.914. The van der Waals surface area contributed by atoms with Crippen LogP contribution in [0.2, 0.25) is 0 Å². The van der Waals surface area contributed by atoms with E-state index in [0.29, 0.717) is 38.5 Å². The normalized spacial score (nSPS) is 12.9. The van der Waals surface area contributed by atoms with Crippen LogP contribution in [0.1, 0.15) is 53.5 Å². The van der Waals surface area contributed by atoms with Gasteiger partial charge in [0.05, 0.1) is 40.9 Å². The van der Waals surface area contributed by atoms with Gasteiger partial charge in [-0.2, -0.15) is 0 Å². The van der Waals surface area contributed by atoms with Crippen molar-refractivity contribution in [2.45, 2.75) is 71.6 Å². The van der Waals surface area contributed by atoms with Gasteiger partial charge in [0.2, 0.25) is 5.91 Å². The molecule has 1 aromatic rings. The SMILES string of the molecule is CC(C)(C)OC(=O)N[C@@H](Cc1ccc(OCCNC(=O)CCOCC[N+](C)(C)C)cc1)C(=O)OC(C)(C)C. The fraction of sp³-hybridized carbons (Fsp3) is 0.679. The molecule has 10 heteroatoms. The number of ether oxygens (including phenoxy) is 4. The summed E-state index contributed by atoms with van der Waals surface area (Å²) in [5.74, 6) is -0.00128. The number of nitrogens with zero attached hydrogens (tertiary/aromatic N) is 1. The molecular formula is C28H48N3O7+. The molecule has 1 rings (SSSR count). The van der Waals surface area contributed by atoms with Crippen molar-refractivity contribution in [1.82, 2.24) is 10.6 Å². The number of alkyl carbamates (subject to hydrolysis) is 1. The molecule has 0 saturated carbocycles. The third-order valence-electron chi connectivity index (χ3n) is 4.82. The van der Waals surface area contributed by atoms with E-state index in [1.165, 1.54) is 0 Å². The maximum atomic E-state index is 12.7. The Labute approximate surface area is 227 Å². The van der Waals surface area contributed by atoms with Crippen LogP contribution in [-0.4, -0.2) is 93.7 Å². The summed E-state index contributed by atoms with van der Waals surface area (Å²) < 4.78 is 22.8. The highest BCUT2D eigenvalue weighted by Gasteiger charge is 2.29. The van der Waals surface area contributed by atoms with Crippen LogP contribution in [0.4, 0.5) is 4.79 Å². The molecule has 1 aromatic carbocycles. The molecule has 0 radical (unpaired) electrons. The topological polar surface area (TPSA) is 112 Å². The van der Waals surface area contributed by atoms with Crippen LogP contribution in [-0.2, 0) is 30.2 Å². The zero-order valence-electron chi connectivity index (χ0n) is 24.6. The van der Waals surface area contributed by atoms with Gasteiger partial charge in [0.25, 0.3) is 0 Å². The Morgan fingerprint density at radius 2 is 1.47 bits per heavy atom. The predicted molar refractivity (Wildman–Crippen MR) is 146 cm³/mol. The van der Waals surface area contributed by atoms with E-state index in [-0.39, 0.29) is 12.3 Å². The number of nitrogens with one attached hydrogen (secondary N) is 2. The number of amides is 2. The number of carbonyl (C=O) groups excluding carboxylic acids is 3. The Morgan fingerprint density at radius 3 is 2.03 bits per heavy atom. The smallest absolute Gasteiger partial charge is 0.408 e. The van der Waals surface area contributed by atoms with Gasteiger partial charge < -0.3 is 34.1 Å². The third-order valence-corrected chi connectivity index (χ3v) is 4.82. The molecule has 0 aliphatic heterocycles. The highest BCUT2D eigenvalue weighted by molar-refractivity contribution is 5.82.